The van der Waals surface area contributed by atoms with E-state index in [-0.39, 0.29) is 24.5 Å². The molecule has 3 aliphatic rings. The third-order valence-corrected chi connectivity index (χ3v) is 5.03. The van der Waals surface area contributed by atoms with Crippen LogP contribution in [0.15, 0.2) is 0 Å². The Morgan fingerprint density at radius 2 is 1.68 bits per heavy atom. The van der Waals surface area contributed by atoms with E-state index >= 15 is 0 Å². The average Bonchev–Trinajstić information content (AvgIpc) is 3.10. The lowest BCUT2D eigenvalue weighted by Crippen LogP contribution is -2.55. The Morgan fingerprint density at radius 1 is 1.00 bits per heavy atom. The third kappa shape index (κ3) is 2.64. The van der Waals surface area contributed by atoms with Crippen LogP contribution in [0.5, 0.6) is 0 Å². The molecular formula is C14H22F3NO. The first-order chi connectivity index (χ1) is 8.95. The van der Waals surface area contributed by atoms with Gasteiger partial charge in [0.2, 0.25) is 0 Å². The molecule has 2 nitrogen and oxygen atoms in total. The van der Waals surface area contributed by atoms with Gasteiger partial charge in [0.25, 0.3) is 0 Å². The lowest BCUT2D eigenvalue weighted by molar-refractivity contribution is -0.174. The van der Waals surface area contributed by atoms with Crippen LogP contribution in [0.25, 0.3) is 0 Å². The maximum Gasteiger partial charge on any atom is 0.406 e. The van der Waals surface area contributed by atoms with Crippen molar-refractivity contribution >= 4 is 0 Å². The van der Waals surface area contributed by atoms with E-state index < -0.39 is 11.7 Å². The normalized spacial score (nSPS) is 33.3. The molecule has 1 saturated heterocycles. The van der Waals surface area contributed by atoms with Gasteiger partial charge in [0, 0.05) is 12.6 Å². The number of rotatable bonds is 2. The summed E-state index contributed by atoms with van der Waals surface area (Å²) in [4.78, 5) is 0. The molecule has 3 rings (SSSR count). The first-order valence-electron chi connectivity index (χ1n) is 7.43. The Kier molecular flexibility index (Phi) is 3.33. The highest BCUT2D eigenvalue weighted by molar-refractivity contribution is 5.10. The fraction of sp³-hybridized carbons (Fsp3) is 1.00. The van der Waals surface area contributed by atoms with E-state index in [4.69, 9.17) is 4.74 Å². The molecule has 1 N–H and O–H groups in total. The first-order valence-corrected chi connectivity index (χ1v) is 7.43. The standard InChI is InChI=1S/C14H22F3NO/c15-14(16,17)13(7-8-13)18-11-4-9-19-12(10-11)5-2-1-3-6-12/h11,18H,1-10H2. The predicted octanol–water partition coefficient (Wildman–Crippen LogP) is 3.55. The van der Waals surface area contributed by atoms with Crippen LogP contribution in [0.3, 0.4) is 0 Å². The van der Waals surface area contributed by atoms with Crippen LogP contribution < -0.4 is 5.32 Å². The minimum Gasteiger partial charge on any atom is -0.375 e. The van der Waals surface area contributed by atoms with Gasteiger partial charge in [0.15, 0.2) is 0 Å². The molecule has 3 fully saturated rings. The minimum atomic E-state index is -4.11. The predicted molar refractivity (Wildman–Crippen MR) is 65.9 cm³/mol. The van der Waals surface area contributed by atoms with Gasteiger partial charge in [-0.25, -0.2) is 0 Å². The van der Waals surface area contributed by atoms with Gasteiger partial charge < -0.3 is 10.1 Å². The summed E-state index contributed by atoms with van der Waals surface area (Å²) >= 11 is 0. The Balaban J connectivity index is 1.63. The third-order valence-electron chi connectivity index (χ3n) is 5.03. The van der Waals surface area contributed by atoms with Crippen molar-refractivity contribution in [3.8, 4) is 0 Å². The van der Waals surface area contributed by atoms with Crippen molar-refractivity contribution in [3.63, 3.8) is 0 Å². The summed E-state index contributed by atoms with van der Waals surface area (Å²) in [6, 6.07) is -0.0315. The molecule has 1 aliphatic heterocycles. The first kappa shape index (κ1) is 13.7. The van der Waals surface area contributed by atoms with E-state index in [1.54, 1.807) is 0 Å². The summed E-state index contributed by atoms with van der Waals surface area (Å²) in [6.45, 7) is 0.603. The molecule has 110 valence electrons. The van der Waals surface area contributed by atoms with E-state index in [0.29, 0.717) is 13.0 Å². The zero-order chi connectivity index (χ0) is 13.6. The highest BCUT2D eigenvalue weighted by Crippen LogP contribution is 2.50. The number of hydrogen-bond acceptors (Lipinski definition) is 2. The van der Waals surface area contributed by atoms with E-state index in [0.717, 1.165) is 32.1 Å². The second-order valence-electron chi connectivity index (χ2n) is 6.51. The molecule has 1 unspecified atom stereocenters. The lowest BCUT2D eigenvalue weighted by atomic mass is 9.78. The number of hydrogen-bond donors (Lipinski definition) is 1. The maximum atomic E-state index is 13.0. The molecule has 0 aromatic rings. The van der Waals surface area contributed by atoms with Gasteiger partial charge in [-0.3, -0.25) is 0 Å². The second-order valence-corrected chi connectivity index (χ2v) is 6.51. The summed E-state index contributed by atoms with van der Waals surface area (Å²) in [5, 5.41) is 2.91. The molecule has 1 heterocycles. The van der Waals surface area contributed by atoms with Crippen molar-refractivity contribution in [1.29, 1.82) is 0 Å². The van der Waals surface area contributed by atoms with Crippen molar-refractivity contribution in [3.05, 3.63) is 0 Å². The van der Waals surface area contributed by atoms with Crippen LogP contribution in [-0.4, -0.2) is 30.0 Å². The lowest BCUT2D eigenvalue weighted by Gasteiger charge is -2.44. The topological polar surface area (TPSA) is 21.3 Å². The van der Waals surface area contributed by atoms with Gasteiger partial charge in [-0.1, -0.05) is 19.3 Å². The minimum absolute atomic E-state index is 0.0315. The molecule has 0 radical (unpaired) electrons. The van der Waals surface area contributed by atoms with Crippen LogP contribution in [0.2, 0.25) is 0 Å². The zero-order valence-corrected chi connectivity index (χ0v) is 11.2. The highest BCUT2D eigenvalue weighted by Gasteiger charge is 2.64. The molecule has 0 aromatic carbocycles. The van der Waals surface area contributed by atoms with Gasteiger partial charge in [-0.15, -0.1) is 0 Å². The smallest absolute Gasteiger partial charge is 0.375 e. The summed E-state index contributed by atoms with van der Waals surface area (Å²) in [7, 11) is 0. The van der Waals surface area contributed by atoms with Crippen molar-refractivity contribution in [2.45, 2.75) is 81.1 Å². The maximum absolute atomic E-state index is 13.0. The van der Waals surface area contributed by atoms with E-state index in [1.807, 2.05) is 0 Å². The van der Waals surface area contributed by atoms with Crippen molar-refractivity contribution < 1.29 is 17.9 Å². The van der Waals surface area contributed by atoms with Crippen LogP contribution in [0.4, 0.5) is 13.2 Å². The van der Waals surface area contributed by atoms with Crippen LogP contribution >= 0.6 is 0 Å². The van der Waals surface area contributed by atoms with Crippen molar-refractivity contribution in [1.82, 2.24) is 5.32 Å². The van der Waals surface area contributed by atoms with E-state index in [9.17, 15) is 13.2 Å². The molecule has 2 saturated carbocycles. The zero-order valence-electron chi connectivity index (χ0n) is 11.2. The van der Waals surface area contributed by atoms with Gasteiger partial charge in [0.1, 0.15) is 5.54 Å². The van der Waals surface area contributed by atoms with Crippen LogP contribution in [0, 0.1) is 0 Å². The van der Waals surface area contributed by atoms with Gasteiger partial charge in [0.05, 0.1) is 5.60 Å². The fourth-order valence-corrected chi connectivity index (χ4v) is 3.72. The Bertz CT molecular complexity index is 327. The molecule has 1 atom stereocenters. The SMILES string of the molecule is FC(F)(F)C1(NC2CCOC3(CCCCC3)C2)CC1. The average molecular weight is 277 g/mol. The fourth-order valence-electron chi connectivity index (χ4n) is 3.72. The summed E-state index contributed by atoms with van der Waals surface area (Å²) in [5.74, 6) is 0. The van der Waals surface area contributed by atoms with E-state index in [2.05, 4.69) is 5.32 Å². The van der Waals surface area contributed by atoms with Gasteiger partial charge in [-0.2, -0.15) is 13.2 Å². The Morgan fingerprint density at radius 3 is 2.26 bits per heavy atom. The highest BCUT2D eigenvalue weighted by atomic mass is 19.4. The van der Waals surface area contributed by atoms with Crippen molar-refractivity contribution in [2.75, 3.05) is 6.61 Å². The largest absolute Gasteiger partial charge is 0.406 e. The Labute approximate surface area is 112 Å². The second kappa shape index (κ2) is 4.62. The van der Waals surface area contributed by atoms with E-state index in [1.165, 1.54) is 6.42 Å². The molecule has 19 heavy (non-hydrogen) atoms. The van der Waals surface area contributed by atoms with Crippen molar-refractivity contribution in [2.24, 2.45) is 0 Å². The number of nitrogens with one attached hydrogen (secondary N) is 1. The molecule has 0 bridgehead atoms. The van der Waals surface area contributed by atoms with Crippen LogP contribution in [0.1, 0.15) is 57.8 Å². The van der Waals surface area contributed by atoms with Gasteiger partial charge >= 0.3 is 6.18 Å². The summed E-state index contributed by atoms with van der Waals surface area (Å²) in [6.07, 6.45) is 3.40. The number of ether oxygens (including phenoxy) is 1. The Hall–Kier alpha value is -0.290. The molecule has 1 spiro atoms. The molecule has 0 amide bonds. The summed E-state index contributed by atoms with van der Waals surface area (Å²) in [5.41, 5.74) is -1.71. The molecule has 5 heteroatoms. The number of halogens is 3. The number of alkyl halides is 3. The molecular weight excluding hydrogens is 255 g/mol. The molecule has 2 aliphatic carbocycles. The quantitative estimate of drug-likeness (QED) is 0.833. The van der Waals surface area contributed by atoms with Crippen LogP contribution in [-0.2, 0) is 4.74 Å². The molecule has 0 aromatic heterocycles. The van der Waals surface area contributed by atoms with Gasteiger partial charge in [-0.05, 0) is 38.5 Å². The monoisotopic (exact) mass is 277 g/mol. The summed E-state index contributed by atoms with van der Waals surface area (Å²) < 4.78 is 44.9.